The van der Waals surface area contributed by atoms with E-state index >= 15 is 0 Å². The molecule has 20 heavy (non-hydrogen) atoms. The molecule has 4 heteroatoms. The second-order valence-corrected chi connectivity index (χ2v) is 5.17. The van der Waals surface area contributed by atoms with E-state index in [4.69, 9.17) is 0 Å². The molecule has 1 aromatic heterocycles. The predicted octanol–water partition coefficient (Wildman–Crippen LogP) is 1.78. The summed E-state index contributed by atoms with van der Waals surface area (Å²) in [6, 6.07) is 9.24. The lowest BCUT2D eigenvalue weighted by Gasteiger charge is -2.18. The number of aliphatic hydroxyl groups is 1. The fourth-order valence-electron chi connectivity index (χ4n) is 2.65. The summed E-state index contributed by atoms with van der Waals surface area (Å²) >= 11 is 0. The Morgan fingerprint density at radius 2 is 2.15 bits per heavy atom. The molecule has 0 fully saturated rings. The van der Waals surface area contributed by atoms with Gasteiger partial charge in [-0.25, -0.2) is 0 Å². The van der Waals surface area contributed by atoms with Crippen LogP contribution in [-0.2, 0) is 6.42 Å². The van der Waals surface area contributed by atoms with Crippen molar-refractivity contribution in [3.8, 4) is 0 Å². The standard InChI is InChI=1S/C16H16N2O2/c1-10-6-12(9-17-8-10)16(20)18-15-13-5-3-2-4-11(13)7-14(15)19/h2-6,8-9,14-15,19H,7H2,1H3,(H,18,20)/t14-,15+/m0/s1. The highest BCUT2D eigenvalue weighted by Gasteiger charge is 2.32. The van der Waals surface area contributed by atoms with Crippen LogP contribution in [-0.4, -0.2) is 22.1 Å². The molecule has 1 aliphatic carbocycles. The van der Waals surface area contributed by atoms with Gasteiger partial charge in [0.25, 0.3) is 5.91 Å². The van der Waals surface area contributed by atoms with E-state index in [1.54, 1.807) is 12.3 Å². The fraction of sp³-hybridized carbons (Fsp3) is 0.250. The Kier molecular flexibility index (Phi) is 3.24. The van der Waals surface area contributed by atoms with E-state index < -0.39 is 6.10 Å². The SMILES string of the molecule is Cc1cncc(C(=O)N[C@@H]2c3ccccc3C[C@@H]2O)c1. The number of aromatic nitrogens is 1. The third kappa shape index (κ3) is 2.30. The normalized spacial score (nSPS) is 20.5. The van der Waals surface area contributed by atoms with Crippen LogP contribution in [0.3, 0.4) is 0 Å². The summed E-state index contributed by atoms with van der Waals surface area (Å²) in [6.45, 7) is 1.89. The van der Waals surface area contributed by atoms with Crippen molar-refractivity contribution in [1.29, 1.82) is 0 Å². The third-order valence-corrected chi connectivity index (χ3v) is 3.63. The van der Waals surface area contributed by atoms with Gasteiger partial charge in [-0.15, -0.1) is 0 Å². The molecule has 2 N–H and O–H groups in total. The molecule has 0 saturated heterocycles. The highest BCUT2D eigenvalue weighted by molar-refractivity contribution is 5.94. The third-order valence-electron chi connectivity index (χ3n) is 3.63. The first-order valence-electron chi connectivity index (χ1n) is 6.63. The van der Waals surface area contributed by atoms with Crippen LogP contribution in [0.15, 0.2) is 42.7 Å². The van der Waals surface area contributed by atoms with Crippen LogP contribution in [0.4, 0.5) is 0 Å². The molecule has 0 radical (unpaired) electrons. The molecule has 1 amide bonds. The topological polar surface area (TPSA) is 62.2 Å². The summed E-state index contributed by atoms with van der Waals surface area (Å²) in [5.41, 5.74) is 3.54. The van der Waals surface area contributed by atoms with Crippen LogP contribution in [0.25, 0.3) is 0 Å². The Morgan fingerprint density at radius 1 is 1.35 bits per heavy atom. The van der Waals surface area contributed by atoms with Crippen LogP contribution in [0.1, 0.15) is 33.1 Å². The summed E-state index contributed by atoms with van der Waals surface area (Å²) in [5.74, 6) is -0.207. The van der Waals surface area contributed by atoms with E-state index in [1.807, 2.05) is 31.2 Å². The maximum Gasteiger partial charge on any atom is 0.253 e. The first kappa shape index (κ1) is 12.8. The van der Waals surface area contributed by atoms with Gasteiger partial charge < -0.3 is 10.4 Å². The van der Waals surface area contributed by atoms with E-state index in [9.17, 15) is 9.90 Å². The molecule has 3 rings (SSSR count). The number of rotatable bonds is 2. The van der Waals surface area contributed by atoms with Gasteiger partial charge in [-0.05, 0) is 29.7 Å². The lowest BCUT2D eigenvalue weighted by molar-refractivity contribution is 0.0857. The number of benzene rings is 1. The Hall–Kier alpha value is -2.20. The number of nitrogens with zero attached hydrogens (tertiary/aromatic N) is 1. The number of amides is 1. The minimum absolute atomic E-state index is 0.207. The van der Waals surface area contributed by atoms with Gasteiger partial charge in [-0.2, -0.15) is 0 Å². The molecular weight excluding hydrogens is 252 g/mol. The van der Waals surface area contributed by atoms with E-state index in [-0.39, 0.29) is 11.9 Å². The summed E-state index contributed by atoms with van der Waals surface area (Å²) in [5, 5.41) is 13.0. The number of hydrogen-bond donors (Lipinski definition) is 2. The Labute approximate surface area is 117 Å². The van der Waals surface area contributed by atoms with E-state index in [2.05, 4.69) is 10.3 Å². The summed E-state index contributed by atoms with van der Waals surface area (Å²) < 4.78 is 0. The number of aryl methyl sites for hydroxylation is 1. The summed E-state index contributed by atoms with van der Waals surface area (Å²) in [4.78, 5) is 16.3. The van der Waals surface area contributed by atoms with Crippen molar-refractivity contribution < 1.29 is 9.90 Å². The Morgan fingerprint density at radius 3 is 2.95 bits per heavy atom. The number of pyridine rings is 1. The van der Waals surface area contributed by atoms with Crippen LogP contribution in [0, 0.1) is 6.92 Å². The van der Waals surface area contributed by atoms with Crippen molar-refractivity contribution in [2.45, 2.75) is 25.5 Å². The number of hydrogen-bond acceptors (Lipinski definition) is 3. The van der Waals surface area contributed by atoms with Gasteiger partial charge >= 0.3 is 0 Å². The van der Waals surface area contributed by atoms with Gasteiger partial charge in [-0.3, -0.25) is 9.78 Å². The largest absolute Gasteiger partial charge is 0.390 e. The van der Waals surface area contributed by atoms with Crippen molar-refractivity contribution >= 4 is 5.91 Å². The van der Waals surface area contributed by atoms with Crippen LogP contribution in [0.5, 0.6) is 0 Å². The number of nitrogens with one attached hydrogen (secondary N) is 1. The molecule has 1 heterocycles. The van der Waals surface area contributed by atoms with Crippen LogP contribution in [0.2, 0.25) is 0 Å². The molecule has 0 bridgehead atoms. The maximum atomic E-state index is 12.2. The van der Waals surface area contributed by atoms with Crippen LogP contribution < -0.4 is 5.32 Å². The number of aliphatic hydroxyl groups excluding tert-OH is 1. The molecule has 102 valence electrons. The average Bonchev–Trinajstić information content (AvgIpc) is 2.75. The van der Waals surface area contributed by atoms with Gasteiger partial charge in [0.05, 0.1) is 17.7 Å². The summed E-state index contributed by atoms with van der Waals surface area (Å²) in [6.07, 6.45) is 3.24. The Bertz CT molecular complexity index is 654. The van der Waals surface area contributed by atoms with Crippen molar-refractivity contribution in [3.63, 3.8) is 0 Å². The molecule has 1 aliphatic rings. The van der Waals surface area contributed by atoms with E-state index in [1.165, 1.54) is 6.20 Å². The monoisotopic (exact) mass is 268 g/mol. The smallest absolute Gasteiger partial charge is 0.253 e. The highest BCUT2D eigenvalue weighted by atomic mass is 16.3. The van der Waals surface area contributed by atoms with Gasteiger partial charge in [0, 0.05) is 18.8 Å². The lowest BCUT2D eigenvalue weighted by atomic mass is 10.1. The molecule has 0 saturated carbocycles. The number of carbonyl (C=O) groups excluding carboxylic acids is 1. The molecule has 1 aromatic carbocycles. The maximum absolute atomic E-state index is 12.2. The van der Waals surface area contributed by atoms with E-state index in [0.717, 1.165) is 16.7 Å². The number of carbonyl (C=O) groups is 1. The molecule has 2 aromatic rings. The predicted molar refractivity (Wildman–Crippen MR) is 75.3 cm³/mol. The first-order chi connectivity index (χ1) is 9.65. The van der Waals surface area contributed by atoms with Gasteiger partial charge in [0.2, 0.25) is 0 Å². The highest BCUT2D eigenvalue weighted by Crippen LogP contribution is 2.31. The van der Waals surface area contributed by atoms with Gasteiger partial charge in [-0.1, -0.05) is 24.3 Å². The second kappa shape index (κ2) is 5.06. The molecular formula is C16H16N2O2. The van der Waals surface area contributed by atoms with Crippen molar-refractivity contribution in [3.05, 3.63) is 65.0 Å². The zero-order chi connectivity index (χ0) is 14.1. The first-order valence-corrected chi connectivity index (χ1v) is 6.63. The van der Waals surface area contributed by atoms with Gasteiger partial charge in [0.15, 0.2) is 0 Å². The minimum Gasteiger partial charge on any atom is -0.390 e. The van der Waals surface area contributed by atoms with E-state index in [0.29, 0.717) is 12.0 Å². The van der Waals surface area contributed by atoms with Crippen molar-refractivity contribution in [2.24, 2.45) is 0 Å². The molecule has 0 unspecified atom stereocenters. The molecule has 2 atom stereocenters. The lowest BCUT2D eigenvalue weighted by Crippen LogP contribution is -2.33. The fourth-order valence-corrected chi connectivity index (χ4v) is 2.65. The minimum atomic E-state index is -0.575. The van der Waals surface area contributed by atoms with Gasteiger partial charge in [0.1, 0.15) is 0 Å². The quantitative estimate of drug-likeness (QED) is 0.872. The number of fused-ring (bicyclic) bond motifs is 1. The Balaban J connectivity index is 1.83. The zero-order valence-electron chi connectivity index (χ0n) is 11.2. The molecule has 0 spiro atoms. The van der Waals surface area contributed by atoms with Crippen molar-refractivity contribution in [1.82, 2.24) is 10.3 Å². The summed E-state index contributed by atoms with van der Waals surface area (Å²) in [7, 11) is 0. The molecule has 0 aliphatic heterocycles. The second-order valence-electron chi connectivity index (χ2n) is 5.17. The molecule has 4 nitrogen and oxygen atoms in total. The zero-order valence-corrected chi connectivity index (χ0v) is 11.2. The average molecular weight is 268 g/mol. The van der Waals surface area contributed by atoms with Crippen LogP contribution >= 0.6 is 0 Å². The van der Waals surface area contributed by atoms with Crippen molar-refractivity contribution in [2.75, 3.05) is 0 Å².